The van der Waals surface area contributed by atoms with E-state index in [0.717, 1.165) is 38.0 Å². The molecular formula is C15H21NO3. The van der Waals surface area contributed by atoms with Gasteiger partial charge in [0.15, 0.2) is 0 Å². The summed E-state index contributed by atoms with van der Waals surface area (Å²) in [5.74, 6) is 0.478. The van der Waals surface area contributed by atoms with Gasteiger partial charge in [-0.05, 0) is 49.8 Å². The second kappa shape index (κ2) is 6.57. The monoisotopic (exact) mass is 263 g/mol. The first-order valence-corrected chi connectivity index (χ1v) is 6.82. The third kappa shape index (κ3) is 3.96. The van der Waals surface area contributed by atoms with E-state index in [2.05, 4.69) is 5.32 Å². The van der Waals surface area contributed by atoms with Crippen LogP contribution in [0.3, 0.4) is 0 Å². The summed E-state index contributed by atoms with van der Waals surface area (Å²) in [4.78, 5) is 11.9. The number of carbonyl (C=O) groups is 1. The van der Waals surface area contributed by atoms with Crippen LogP contribution in [-0.4, -0.2) is 30.8 Å². The topological polar surface area (TPSA) is 58.6 Å². The Labute approximate surface area is 113 Å². The molecule has 0 bridgehead atoms. The molecule has 4 heteroatoms. The van der Waals surface area contributed by atoms with E-state index in [9.17, 15) is 9.90 Å². The number of aromatic hydroxyl groups is 1. The van der Waals surface area contributed by atoms with Gasteiger partial charge >= 0.3 is 0 Å². The predicted octanol–water partition coefficient (Wildman–Crippen LogP) is 2.25. The lowest BCUT2D eigenvalue weighted by Crippen LogP contribution is -2.25. The molecule has 2 rings (SSSR count). The molecule has 0 saturated carbocycles. The van der Waals surface area contributed by atoms with E-state index >= 15 is 0 Å². The lowest BCUT2D eigenvalue weighted by molar-refractivity contribution is 0.0949. The van der Waals surface area contributed by atoms with Crippen molar-refractivity contribution in [1.82, 2.24) is 5.32 Å². The lowest BCUT2D eigenvalue weighted by atomic mass is 10.0. The zero-order valence-corrected chi connectivity index (χ0v) is 11.3. The molecule has 0 aliphatic carbocycles. The molecular weight excluding hydrogens is 242 g/mol. The number of hydrogen-bond acceptors (Lipinski definition) is 3. The first kappa shape index (κ1) is 13.9. The van der Waals surface area contributed by atoms with Crippen LogP contribution in [0.2, 0.25) is 0 Å². The SMILES string of the molecule is Cc1ccc(C(=O)NCCC[C@@H]2CCOC2)c(O)c1. The number of hydrogen-bond donors (Lipinski definition) is 2. The number of rotatable bonds is 5. The predicted molar refractivity (Wildman–Crippen MR) is 73.3 cm³/mol. The molecule has 2 N–H and O–H groups in total. The highest BCUT2D eigenvalue weighted by Gasteiger charge is 2.15. The molecule has 1 aromatic carbocycles. The summed E-state index contributed by atoms with van der Waals surface area (Å²) in [5, 5.41) is 12.6. The minimum atomic E-state index is -0.208. The first-order chi connectivity index (χ1) is 9.16. The maximum absolute atomic E-state index is 11.9. The van der Waals surface area contributed by atoms with Crippen LogP contribution < -0.4 is 5.32 Å². The summed E-state index contributed by atoms with van der Waals surface area (Å²) >= 11 is 0. The largest absolute Gasteiger partial charge is 0.507 e. The Morgan fingerprint density at radius 2 is 2.37 bits per heavy atom. The fraction of sp³-hybridized carbons (Fsp3) is 0.533. The van der Waals surface area contributed by atoms with Gasteiger partial charge in [0.1, 0.15) is 5.75 Å². The van der Waals surface area contributed by atoms with Crippen LogP contribution >= 0.6 is 0 Å². The summed E-state index contributed by atoms with van der Waals surface area (Å²) in [6.07, 6.45) is 3.17. The van der Waals surface area contributed by atoms with Crippen LogP contribution in [0.5, 0.6) is 5.75 Å². The van der Waals surface area contributed by atoms with E-state index in [-0.39, 0.29) is 11.7 Å². The maximum atomic E-state index is 11.9. The second-order valence-electron chi connectivity index (χ2n) is 5.15. The van der Waals surface area contributed by atoms with Crippen LogP contribution in [0.1, 0.15) is 35.2 Å². The van der Waals surface area contributed by atoms with Gasteiger partial charge in [-0.15, -0.1) is 0 Å². The molecule has 1 fully saturated rings. The van der Waals surface area contributed by atoms with Gasteiger partial charge in [-0.1, -0.05) is 6.07 Å². The van der Waals surface area contributed by atoms with E-state index in [1.54, 1.807) is 12.1 Å². The number of ether oxygens (including phenoxy) is 1. The highest BCUT2D eigenvalue weighted by molar-refractivity contribution is 5.96. The zero-order valence-electron chi connectivity index (χ0n) is 11.3. The van der Waals surface area contributed by atoms with Crippen molar-refractivity contribution < 1.29 is 14.6 Å². The van der Waals surface area contributed by atoms with Crippen molar-refractivity contribution in [1.29, 1.82) is 0 Å². The average molecular weight is 263 g/mol. The number of amides is 1. The van der Waals surface area contributed by atoms with Gasteiger partial charge in [-0.3, -0.25) is 4.79 Å². The smallest absolute Gasteiger partial charge is 0.255 e. The lowest BCUT2D eigenvalue weighted by Gasteiger charge is -2.09. The molecule has 1 aliphatic heterocycles. The van der Waals surface area contributed by atoms with Gasteiger partial charge in [0.05, 0.1) is 5.56 Å². The van der Waals surface area contributed by atoms with E-state index in [1.807, 2.05) is 13.0 Å². The van der Waals surface area contributed by atoms with Gasteiger partial charge in [-0.25, -0.2) is 0 Å². The molecule has 19 heavy (non-hydrogen) atoms. The van der Waals surface area contributed by atoms with Crippen LogP contribution in [0.15, 0.2) is 18.2 Å². The van der Waals surface area contributed by atoms with Gasteiger partial charge in [0.2, 0.25) is 0 Å². The molecule has 0 aromatic heterocycles. The Hall–Kier alpha value is -1.55. The Morgan fingerprint density at radius 3 is 3.05 bits per heavy atom. The standard InChI is InChI=1S/C15H21NO3/c1-11-4-5-13(14(17)9-11)15(18)16-7-2-3-12-6-8-19-10-12/h4-5,9,12,17H,2-3,6-8,10H2,1H3,(H,16,18)/t12-/m1/s1. The molecule has 0 unspecified atom stereocenters. The van der Waals surface area contributed by atoms with Crippen molar-refractivity contribution in [3.63, 3.8) is 0 Å². The molecule has 4 nitrogen and oxygen atoms in total. The number of carbonyl (C=O) groups excluding carboxylic acids is 1. The van der Waals surface area contributed by atoms with Crippen molar-refractivity contribution in [2.45, 2.75) is 26.2 Å². The summed E-state index contributed by atoms with van der Waals surface area (Å²) in [5.41, 5.74) is 1.28. The summed E-state index contributed by atoms with van der Waals surface area (Å²) in [6, 6.07) is 5.08. The fourth-order valence-corrected chi connectivity index (χ4v) is 2.33. The molecule has 0 radical (unpaired) electrons. The quantitative estimate of drug-likeness (QED) is 0.801. The van der Waals surface area contributed by atoms with E-state index in [0.29, 0.717) is 18.0 Å². The van der Waals surface area contributed by atoms with Crippen molar-refractivity contribution in [2.24, 2.45) is 5.92 Å². The Balaban J connectivity index is 1.74. The van der Waals surface area contributed by atoms with Crippen LogP contribution in [0, 0.1) is 12.8 Å². The molecule has 1 aliphatic rings. The molecule has 0 spiro atoms. The van der Waals surface area contributed by atoms with Gasteiger partial charge in [0.25, 0.3) is 5.91 Å². The normalized spacial score (nSPS) is 18.5. The molecule has 1 heterocycles. The summed E-state index contributed by atoms with van der Waals surface area (Å²) < 4.78 is 5.31. The van der Waals surface area contributed by atoms with Crippen LogP contribution in [-0.2, 0) is 4.74 Å². The maximum Gasteiger partial charge on any atom is 0.255 e. The third-order valence-electron chi connectivity index (χ3n) is 3.50. The average Bonchev–Trinajstić information content (AvgIpc) is 2.87. The highest BCUT2D eigenvalue weighted by Crippen LogP contribution is 2.19. The molecule has 1 atom stereocenters. The third-order valence-corrected chi connectivity index (χ3v) is 3.50. The van der Waals surface area contributed by atoms with Gasteiger partial charge in [-0.2, -0.15) is 0 Å². The van der Waals surface area contributed by atoms with Crippen molar-refractivity contribution in [2.75, 3.05) is 19.8 Å². The molecule has 1 saturated heterocycles. The minimum absolute atomic E-state index is 0.0432. The number of aryl methyl sites for hydroxylation is 1. The molecule has 1 amide bonds. The fourth-order valence-electron chi connectivity index (χ4n) is 2.33. The number of benzene rings is 1. The van der Waals surface area contributed by atoms with E-state index in [4.69, 9.17) is 4.74 Å². The number of nitrogens with one attached hydrogen (secondary N) is 1. The Morgan fingerprint density at radius 1 is 1.53 bits per heavy atom. The number of phenolic OH excluding ortho intramolecular Hbond substituents is 1. The van der Waals surface area contributed by atoms with Crippen molar-refractivity contribution in [3.05, 3.63) is 29.3 Å². The van der Waals surface area contributed by atoms with E-state index in [1.165, 1.54) is 0 Å². The zero-order chi connectivity index (χ0) is 13.7. The minimum Gasteiger partial charge on any atom is -0.507 e. The first-order valence-electron chi connectivity index (χ1n) is 6.82. The van der Waals surface area contributed by atoms with Crippen LogP contribution in [0.25, 0.3) is 0 Å². The second-order valence-corrected chi connectivity index (χ2v) is 5.15. The Bertz CT molecular complexity index is 439. The summed E-state index contributed by atoms with van der Waals surface area (Å²) in [7, 11) is 0. The van der Waals surface area contributed by atoms with Crippen LogP contribution in [0.4, 0.5) is 0 Å². The van der Waals surface area contributed by atoms with Crippen molar-refractivity contribution in [3.8, 4) is 5.75 Å². The Kier molecular flexibility index (Phi) is 4.80. The number of phenols is 1. The van der Waals surface area contributed by atoms with Gasteiger partial charge < -0.3 is 15.2 Å². The summed E-state index contributed by atoms with van der Waals surface area (Å²) in [6.45, 7) is 4.24. The van der Waals surface area contributed by atoms with E-state index < -0.39 is 0 Å². The molecule has 1 aromatic rings. The van der Waals surface area contributed by atoms with Gasteiger partial charge in [0, 0.05) is 19.8 Å². The van der Waals surface area contributed by atoms with Crippen molar-refractivity contribution >= 4 is 5.91 Å². The highest BCUT2D eigenvalue weighted by atomic mass is 16.5. The molecule has 104 valence electrons.